The zero-order valence-electron chi connectivity index (χ0n) is 14.1. The van der Waals surface area contributed by atoms with Crippen molar-refractivity contribution in [3.8, 4) is 21.6 Å². The van der Waals surface area contributed by atoms with Crippen LogP contribution in [0, 0.1) is 0 Å². The van der Waals surface area contributed by atoms with E-state index < -0.39 is 9.84 Å². The lowest BCUT2D eigenvalue weighted by Gasteiger charge is -2.08. The van der Waals surface area contributed by atoms with E-state index in [4.69, 9.17) is 23.2 Å². The van der Waals surface area contributed by atoms with Gasteiger partial charge in [-0.2, -0.15) is 0 Å². The number of pyridine rings is 1. The maximum Gasteiger partial charge on any atom is 0.175 e. The van der Waals surface area contributed by atoms with E-state index in [0.29, 0.717) is 14.9 Å². The van der Waals surface area contributed by atoms with E-state index in [2.05, 4.69) is 4.98 Å². The van der Waals surface area contributed by atoms with E-state index in [1.54, 1.807) is 35.7 Å². The number of halogens is 2. The van der Waals surface area contributed by atoms with Crippen LogP contribution in [0.25, 0.3) is 31.7 Å². The van der Waals surface area contributed by atoms with E-state index in [9.17, 15) is 8.42 Å². The minimum Gasteiger partial charge on any atom is -0.263 e. The molecule has 0 aliphatic rings. The molecule has 0 aliphatic carbocycles. The molecule has 27 heavy (non-hydrogen) atoms. The fourth-order valence-corrected chi connectivity index (χ4v) is 5.06. The van der Waals surface area contributed by atoms with Crippen molar-refractivity contribution in [3.05, 3.63) is 71.0 Å². The Hall–Kier alpha value is -1.92. The maximum absolute atomic E-state index is 11.8. The van der Waals surface area contributed by atoms with Gasteiger partial charge in [0.2, 0.25) is 0 Å². The van der Waals surface area contributed by atoms with Crippen molar-refractivity contribution in [2.24, 2.45) is 0 Å². The summed E-state index contributed by atoms with van der Waals surface area (Å²) < 4.78 is 24.6. The molecule has 0 saturated carbocycles. The van der Waals surface area contributed by atoms with Crippen LogP contribution in [0.4, 0.5) is 0 Å². The van der Waals surface area contributed by atoms with Gasteiger partial charge >= 0.3 is 0 Å². The van der Waals surface area contributed by atoms with Crippen molar-refractivity contribution < 1.29 is 8.42 Å². The summed E-state index contributed by atoms with van der Waals surface area (Å²) in [4.78, 5) is 5.54. The number of thiophene rings is 1. The van der Waals surface area contributed by atoms with E-state index in [1.807, 2.05) is 36.5 Å². The van der Waals surface area contributed by atoms with Crippen molar-refractivity contribution in [3.63, 3.8) is 0 Å². The number of rotatable bonds is 3. The zero-order chi connectivity index (χ0) is 19.2. The van der Waals surface area contributed by atoms with Crippen LogP contribution in [0.1, 0.15) is 0 Å². The highest BCUT2D eigenvalue weighted by Crippen LogP contribution is 2.45. The lowest BCUT2D eigenvalue weighted by atomic mass is 9.99. The fourth-order valence-electron chi connectivity index (χ4n) is 2.95. The molecule has 2 aromatic carbocycles. The molecule has 0 aliphatic heterocycles. The Bertz CT molecular complexity index is 1260. The third-order valence-corrected chi connectivity index (χ3v) is 7.30. The van der Waals surface area contributed by atoms with Crippen molar-refractivity contribution in [2.45, 2.75) is 4.90 Å². The summed E-state index contributed by atoms with van der Waals surface area (Å²) in [7, 11) is -3.24. The van der Waals surface area contributed by atoms with Gasteiger partial charge in [0.25, 0.3) is 0 Å². The van der Waals surface area contributed by atoms with Crippen LogP contribution in [0.3, 0.4) is 0 Å². The number of aromatic nitrogens is 1. The number of nitrogens with zero attached hydrogens (tertiary/aromatic N) is 1. The Morgan fingerprint density at radius 3 is 2.30 bits per heavy atom. The third-order valence-electron chi connectivity index (χ3n) is 4.25. The molecule has 3 nitrogen and oxygen atoms in total. The number of hydrogen-bond donors (Lipinski definition) is 0. The minimum atomic E-state index is -3.24. The summed E-state index contributed by atoms with van der Waals surface area (Å²) in [6.07, 6.45) is 4.78. The lowest BCUT2D eigenvalue weighted by Crippen LogP contribution is -1.96. The van der Waals surface area contributed by atoms with Gasteiger partial charge in [0.1, 0.15) is 0 Å². The Kier molecular flexibility index (Phi) is 4.72. The Balaban J connectivity index is 1.97. The molecule has 2 aromatic heterocycles. The highest BCUT2D eigenvalue weighted by Gasteiger charge is 2.17. The van der Waals surface area contributed by atoms with Crippen molar-refractivity contribution in [1.82, 2.24) is 4.98 Å². The first kappa shape index (κ1) is 18.4. The zero-order valence-corrected chi connectivity index (χ0v) is 17.3. The van der Waals surface area contributed by atoms with Crippen LogP contribution in [0.15, 0.2) is 65.8 Å². The van der Waals surface area contributed by atoms with Gasteiger partial charge in [0.05, 0.1) is 19.6 Å². The molecular weight excluding hydrogens is 421 g/mol. The normalized spacial score (nSPS) is 11.8. The van der Waals surface area contributed by atoms with E-state index in [-0.39, 0.29) is 0 Å². The van der Waals surface area contributed by atoms with Crippen LogP contribution < -0.4 is 0 Å². The summed E-state index contributed by atoms with van der Waals surface area (Å²) in [5.74, 6) is 0. The number of benzene rings is 2. The van der Waals surface area contributed by atoms with E-state index >= 15 is 0 Å². The summed E-state index contributed by atoms with van der Waals surface area (Å²) in [5, 5.41) is 2.05. The molecule has 0 spiro atoms. The second kappa shape index (κ2) is 6.91. The molecule has 0 bridgehead atoms. The molecule has 0 atom stereocenters. The van der Waals surface area contributed by atoms with Crippen LogP contribution in [-0.4, -0.2) is 19.7 Å². The summed E-state index contributed by atoms with van der Waals surface area (Å²) in [6, 6.07) is 14.4. The van der Waals surface area contributed by atoms with Gasteiger partial charge < -0.3 is 0 Å². The summed E-state index contributed by atoms with van der Waals surface area (Å²) >= 11 is 13.9. The molecule has 0 saturated heterocycles. The Morgan fingerprint density at radius 2 is 1.63 bits per heavy atom. The molecule has 7 heteroatoms. The van der Waals surface area contributed by atoms with Gasteiger partial charge in [-0.3, -0.25) is 4.98 Å². The van der Waals surface area contributed by atoms with Crippen molar-refractivity contribution in [1.29, 1.82) is 0 Å². The molecule has 4 rings (SSSR count). The van der Waals surface area contributed by atoms with Crippen LogP contribution in [0.2, 0.25) is 10.0 Å². The molecule has 0 radical (unpaired) electrons. The van der Waals surface area contributed by atoms with Crippen LogP contribution in [0.5, 0.6) is 0 Å². The molecule has 0 N–H and O–H groups in total. The van der Waals surface area contributed by atoms with Gasteiger partial charge in [-0.15, -0.1) is 11.3 Å². The molecule has 2 heterocycles. The molecule has 0 unspecified atom stereocenters. The highest BCUT2D eigenvalue weighted by atomic mass is 35.5. The molecule has 4 aromatic rings. The van der Waals surface area contributed by atoms with Crippen LogP contribution >= 0.6 is 34.5 Å². The molecular formula is C20H13Cl2NO2S2. The average Bonchev–Trinajstić information content (AvgIpc) is 3.03. The summed E-state index contributed by atoms with van der Waals surface area (Å²) in [6.45, 7) is 0. The predicted octanol–water partition coefficient (Wildman–Crippen LogP) is 6.34. The van der Waals surface area contributed by atoms with Gasteiger partial charge in [-0.25, -0.2) is 8.42 Å². The van der Waals surface area contributed by atoms with E-state index in [0.717, 1.165) is 31.7 Å². The Morgan fingerprint density at radius 1 is 0.926 bits per heavy atom. The first-order chi connectivity index (χ1) is 12.8. The quantitative estimate of drug-likeness (QED) is 0.378. The topological polar surface area (TPSA) is 47.0 Å². The molecule has 0 fully saturated rings. The monoisotopic (exact) mass is 433 g/mol. The van der Waals surface area contributed by atoms with Gasteiger partial charge in [0, 0.05) is 34.5 Å². The SMILES string of the molecule is CS(=O)(=O)c1ccc(-c2c(-c3ccc(Cl)c(Cl)c3)sc3cnccc23)cc1. The first-order valence-corrected chi connectivity index (χ1v) is 11.4. The largest absolute Gasteiger partial charge is 0.263 e. The number of hydrogen-bond acceptors (Lipinski definition) is 4. The van der Waals surface area contributed by atoms with Gasteiger partial charge in [-0.1, -0.05) is 41.4 Å². The standard InChI is InChI=1S/C20H13Cl2NO2S2/c1-27(24,25)14-5-2-12(3-6-14)19-15-8-9-23-11-18(15)26-20(19)13-4-7-16(21)17(22)10-13/h2-11H,1H3. The fraction of sp³-hybridized carbons (Fsp3) is 0.0500. The van der Waals surface area contributed by atoms with Gasteiger partial charge in [0.15, 0.2) is 9.84 Å². The average molecular weight is 434 g/mol. The third kappa shape index (κ3) is 3.48. The summed E-state index contributed by atoms with van der Waals surface area (Å²) in [5.41, 5.74) is 2.91. The minimum absolute atomic E-state index is 0.295. The highest BCUT2D eigenvalue weighted by molar-refractivity contribution is 7.90. The number of sulfone groups is 1. The second-order valence-corrected chi connectivity index (χ2v) is 9.99. The Labute approximate surface area is 171 Å². The van der Waals surface area contributed by atoms with Crippen molar-refractivity contribution in [2.75, 3.05) is 6.26 Å². The van der Waals surface area contributed by atoms with E-state index in [1.165, 1.54) is 6.26 Å². The van der Waals surface area contributed by atoms with Crippen LogP contribution in [-0.2, 0) is 9.84 Å². The first-order valence-electron chi connectivity index (χ1n) is 7.97. The second-order valence-electron chi connectivity index (χ2n) is 6.10. The van der Waals surface area contributed by atoms with Gasteiger partial charge in [-0.05, 0) is 41.5 Å². The lowest BCUT2D eigenvalue weighted by molar-refractivity contribution is 0.602. The molecule has 0 amide bonds. The predicted molar refractivity (Wildman–Crippen MR) is 114 cm³/mol. The van der Waals surface area contributed by atoms with Crippen molar-refractivity contribution >= 4 is 54.5 Å². The maximum atomic E-state index is 11.8. The number of fused-ring (bicyclic) bond motifs is 1. The molecule has 136 valence electrons. The smallest absolute Gasteiger partial charge is 0.175 e.